The summed E-state index contributed by atoms with van der Waals surface area (Å²) in [5.74, 6) is 1.77. The molecule has 0 unspecified atom stereocenters. The minimum atomic E-state index is 0.553. The van der Waals surface area contributed by atoms with Gasteiger partial charge in [-0.15, -0.1) is 0 Å². The van der Waals surface area contributed by atoms with Crippen LogP contribution in [-0.4, -0.2) is 44.0 Å². The van der Waals surface area contributed by atoms with E-state index < -0.39 is 0 Å². The van der Waals surface area contributed by atoms with Crippen LogP contribution < -0.4 is 0 Å². The number of rotatable bonds is 2. The van der Waals surface area contributed by atoms with Crippen molar-refractivity contribution in [3.63, 3.8) is 0 Å². The molecule has 0 bridgehead atoms. The molecule has 0 aliphatic heterocycles. The maximum absolute atomic E-state index is 5.37. The average molecular weight is 274 g/mol. The van der Waals surface area contributed by atoms with Gasteiger partial charge in [0.15, 0.2) is 10.6 Å². The number of guanidine groups is 1. The second kappa shape index (κ2) is 5.21. The van der Waals surface area contributed by atoms with Gasteiger partial charge in [0.1, 0.15) is 12.3 Å². The van der Waals surface area contributed by atoms with Crippen molar-refractivity contribution in [3.05, 3.63) is 22.6 Å². The molecule has 0 spiro atoms. The zero-order valence-corrected chi connectivity index (χ0v) is 11.1. The fourth-order valence-corrected chi connectivity index (χ4v) is 1.61. The third-order valence-electron chi connectivity index (χ3n) is 1.81. The van der Waals surface area contributed by atoms with Crippen molar-refractivity contribution < 1.29 is 4.42 Å². The molecule has 4 nitrogen and oxygen atoms in total. The number of halogens is 1. The Morgan fingerprint density at radius 1 is 1.27 bits per heavy atom. The standard InChI is InChI=1S/C10H16BrN3O/c1-13(2)10(14(3)4)12-7-8-5-6-9(11)15-8/h5-6H,7H2,1-4H3. The Morgan fingerprint density at radius 2 is 1.87 bits per heavy atom. The zero-order valence-electron chi connectivity index (χ0n) is 9.49. The van der Waals surface area contributed by atoms with Crippen LogP contribution in [0.4, 0.5) is 0 Å². The van der Waals surface area contributed by atoms with Crippen molar-refractivity contribution in [2.45, 2.75) is 6.54 Å². The Morgan fingerprint density at radius 3 is 2.27 bits per heavy atom. The number of nitrogens with zero attached hydrogens (tertiary/aromatic N) is 3. The van der Waals surface area contributed by atoms with Crippen molar-refractivity contribution >= 4 is 21.9 Å². The van der Waals surface area contributed by atoms with Crippen LogP contribution in [0, 0.1) is 0 Å². The molecule has 1 aromatic rings. The highest BCUT2D eigenvalue weighted by molar-refractivity contribution is 9.10. The van der Waals surface area contributed by atoms with Gasteiger partial charge in [-0.25, -0.2) is 4.99 Å². The van der Waals surface area contributed by atoms with Gasteiger partial charge in [0.25, 0.3) is 0 Å². The summed E-state index contributed by atoms with van der Waals surface area (Å²) in [5.41, 5.74) is 0. The van der Waals surface area contributed by atoms with Gasteiger partial charge in [-0.05, 0) is 28.1 Å². The summed E-state index contributed by atoms with van der Waals surface area (Å²) in [5, 5.41) is 0. The van der Waals surface area contributed by atoms with Gasteiger partial charge in [-0.2, -0.15) is 0 Å². The first-order valence-electron chi connectivity index (χ1n) is 4.64. The van der Waals surface area contributed by atoms with E-state index in [0.29, 0.717) is 6.54 Å². The normalized spacial score (nSPS) is 9.93. The first-order chi connectivity index (χ1) is 7.00. The molecule has 0 aliphatic rings. The second-order valence-corrected chi connectivity index (χ2v) is 4.39. The molecule has 0 atom stereocenters. The summed E-state index contributed by atoms with van der Waals surface area (Å²) in [4.78, 5) is 8.40. The molecular weight excluding hydrogens is 258 g/mol. The van der Waals surface area contributed by atoms with Crippen molar-refractivity contribution in [3.8, 4) is 0 Å². The molecule has 1 rings (SSSR count). The molecule has 0 fully saturated rings. The highest BCUT2D eigenvalue weighted by atomic mass is 79.9. The van der Waals surface area contributed by atoms with Crippen molar-refractivity contribution in [1.29, 1.82) is 0 Å². The molecular formula is C10H16BrN3O. The molecule has 0 saturated heterocycles. The Hall–Kier alpha value is -0.970. The van der Waals surface area contributed by atoms with Crippen LogP contribution in [0.5, 0.6) is 0 Å². The lowest BCUT2D eigenvalue weighted by Gasteiger charge is -2.22. The van der Waals surface area contributed by atoms with Crippen LogP contribution in [0.15, 0.2) is 26.2 Å². The average Bonchev–Trinajstić information content (AvgIpc) is 2.50. The van der Waals surface area contributed by atoms with E-state index in [0.717, 1.165) is 16.4 Å². The number of furan rings is 1. The molecule has 0 aromatic carbocycles. The third kappa shape index (κ3) is 3.58. The summed E-state index contributed by atoms with van der Waals surface area (Å²) in [6.07, 6.45) is 0. The Bertz CT molecular complexity index is 334. The van der Waals surface area contributed by atoms with E-state index in [-0.39, 0.29) is 0 Å². The lowest BCUT2D eigenvalue weighted by Crippen LogP contribution is -2.35. The van der Waals surface area contributed by atoms with E-state index in [1.165, 1.54) is 0 Å². The van der Waals surface area contributed by atoms with Gasteiger partial charge in [0.2, 0.25) is 0 Å². The minimum Gasteiger partial charge on any atom is -0.452 e. The van der Waals surface area contributed by atoms with E-state index in [1.807, 2.05) is 50.1 Å². The van der Waals surface area contributed by atoms with Crippen molar-refractivity contribution in [1.82, 2.24) is 9.80 Å². The fraction of sp³-hybridized carbons (Fsp3) is 0.500. The first kappa shape index (κ1) is 12.1. The predicted molar refractivity (Wildman–Crippen MR) is 64.9 cm³/mol. The molecule has 0 saturated carbocycles. The van der Waals surface area contributed by atoms with E-state index in [9.17, 15) is 0 Å². The number of aliphatic imine (C=N–C) groups is 1. The van der Waals surface area contributed by atoms with Crippen molar-refractivity contribution in [2.24, 2.45) is 4.99 Å². The van der Waals surface area contributed by atoms with Crippen LogP contribution in [-0.2, 0) is 6.54 Å². The fourth-order valence-electron chi connectivity index (χ4n) is 1.27. The monoisotopic (exact) mass is 273 g/mol. The lowest BCUT2D eigenvalue weighted by molar-refractivity contribution is 0.464. The van der Waals surface area contributed by atoms with Gasteiger partial charge in [0.05, 0.1) is 0 Å². The minimum absolute atomic E-state index is 0.553. The van der Waals surface area contributed by atoms with Gasteiger partial charge in [-0.3, -0.25) is 0 Å². The SMILES string of the molecule is CN(C)C(=NCc1ccc(Br)o1)N(C)C. The molecule has 0 amide bonds. The van der Waals surface area contributed by atoms with Gasteiger partial charge < -0.3 is 14.2 Å². The topological polar surface area (TPSA) is 32.0 Å². The van der Waals surface area contributed by atoms with Gasteiger partial charge in [-0.1, -0.05) is 0 Å². The maximum Gasteiger partial charge on any atom is 0.195 e. The smallest absolute Gasteiger partial charge is 0.195 e. The molecule has 0 N–H and O–H groups in total. The van der Waals surface area contributed by atoms with Crippen LogP contribution in [0.1, 0.15) is 5.76 Å². The van der Waals surface area contributed by atoms with Gasteiger partial charge >= 0.3 is 0 Å². The van der Waals surface area contributed by atoms with Crippen LogP contribution in [0.3, 0.4) is 0 Å². The summed E-state index contributed by atoms with van der Waals surface area (Å²) in [7, 11) is 7.88. The number of hydrogen-bond acceptors (Lipinski definition) is 2. The molecule has 1 aromatic heterocycles. The largest absolute Gasteiger partial charge is 0.452 e. The second-order valence-electron chi connectivity index (χ2n) is 3.61. The summed E-state index contributed by atoms with van der Waals surface area (Å²) in [6, 6.07) is 3.78. The van der Waals surface area contributed by atoms with Crippen LogP contribution in [0.2, 0.25) is 0 Å². The quantitative estimate of drug-likeness (QED) is 0.611. The van der Waals surface area contributed by atoms with E-state index >= 15 is 0 Å². The molecule has 0 aliphatic carbocycles. The van der Waals surface area contributed by atoms with E-state index in [1.54, 1.807) is 0 Å². The summed E-state index contributed by atoms with van der Waals surface area (Å²) in [6.45, 7) is 0.553. The zero-order chi connectivity index (χ0) is 11.4. The van der Waals surface area contributed by atoms with Crippen molar-refractivity contribution in [2.75, 3.05) is 28.2 Å². The Kier molecular flexibility index (Phi) is 4.20. The van der Waals surface area contributed by atoms with Crippen LogP contribution >= 0.6 is 15.9 Å². The Labute approximate surface area is 98.7 Å². The summed E-state index contributed by atoms with van der Waals surface area (Å²) >= 11 is 3.26. The first-order valence-corrected chi connectivity index (χ1v) is 5.43. The highest BCUT2D eigenvalue weighted by Gasteiger charge is 2.05. The number of hydrogen-bond donors (Lipinski definition) is 0. The lowest BCUT2D eigenvalue weighted by atomic mass is 10.4. The molecule has 15 heavy (non-hydrogen) atoms. The Balaban J connectivity index is 2.69. The third-order valence-corrected chi connectivity index (χ3v) is 2.23. The molecule has 0 radical (unpaired) electrons. The van der Waals surface area contributed by atoms with E-state index in [2.05, 4.69) is 20.9 Å². The molecule has 1 heterocycles. The van der Waals surface area contributed by atoms with E-state index in [4.69, 9.17) is 4.42 Å². The molecule has 84 valence electrons. The summed E-state index contributed by atoms with van der Waals surface area (Å²) < 4.78 is 6.11. The maximum atomic E-state index is 5.37. The van der Waals surface area contributed by atoms with Gasteiger partial charge in [0, 0.05) is 28.2 Å². The molecule has 5 heteroatoms. The highest BCUT2D eigenvalue weighted by Crippen LogP contribution is 2.14. The predicted octanol–water partition coefficient (Wildman–Crippen LogP) is 2.02. The van der Waals surface area contributed by atoms with Crippen LogP contribution in [0.25, 0.3) is 0 Å².